The minimum Gasteiger partial charge on any atom is -0.454 e. The molecule has 0 saturated heterocycles. The standard InChI is InChI=1S/C13H20N2O2/c1-9(7-14)13(15(2)3)10-4-5-11-12(6-10)17-8-16-11/h4-6,9,13H,7-8,14H2,1-3H3. The monoisotopic (exact) mass is 236 g/mol. The Hall–Kier alpha value is -1.26. The van der Waals surface area contributed by atoms with Crippen molar-refractivity contribution in [2.75, 3.05) is 27.4 Å². The lowest BCUT2D eigenvalue weighted by Gasteiger charge is -2.30. The van der Waals surface area contributed by atoms with Gasteiger partial charge >= 0.3 is 0 Å². The number of nitrogens with zero attached hydrogens (tertiary/aromatic N) is 1. The summed E-state index contributed by atoms with van der Waals surface area (Å²) in [5, 5.41) is 0. The molecule has 0 radical (unpaired) electrons. The fourth-order valence-corrected chi connectivity index (χ4v) is 2.36. The predicted octanol–water partition coefficient (Wildman–Crippen LogP) is 1.61. The van der Waals surface area contributed by atoms with E-state index in [4.69, 9.17) is 15.2 Å². The molecule has 2 atom stereocenters. The summed E-state index contributed by atoms with van der Waals surface area (Å²) in [6, 6.07) is 6.41. The maximum absolute atomic E-state index is 5.78. The second-order valence-electron chi connectivity index (χ2n) is 4.73. The summed E-state index contributed by atoms with van der Waals surface area (Å²) in [4.78, 5) is 2.19. The molecule has 0 saturated carbocycles. The van der Waals surface area contributed by atoms with Crippen molar-refractivity contribution < 1.29 is 9.47 Å². The predicted molar refractivity (Wildman–Crippen MR) is 67.2 cm³/mol. The minimum atomic E-state index is 0.300. The van der Waals surface area contributed by atoms with Gasteiger partial charge in [0, 0.05) is 6.04 Å². The molecule has 0 aliphatic carbocycles. The minimum absolute atomic E-state index is 0.300. The molecule has 0 aromatic heterocycles. The van der Waals surface area contributed by atoms with Crippen LogP contribution in [0.15, 0.2) is 18.2 Å². The van der Waals surface area contributed by atoms with Crippen LogP contribution in [0.3, 0.4) is 0 Å². The van der Waals surface area contributed by atoms with E-state index in [9.17, 15) is 0 Å². The van der Waals surface area contributed by atoms with Crippen LogP contribution in [0, 0.1) is 5.92 Å². The van der Waals surface area contributed by atoms with Crippen molar-refractivity contribution in [3.63, 3.8) is 0 Å². The van der Waals surface area contributed by atoms with Gasteiger partial charge in [0.05, 0.1) is 0 Å². The van der Waals surface area contributed by atoms with Gasteiger partial charge in [-0.2, -0.15) is 0 Å². The van der Waals surface area contributed by atoms with Crippen molar-refractivity contribution in [1.29, 1.82) is 0 Å². The van der Waals surface area contributed by atoms with Gasteiger partial charge in [-0.1, -0.05) is 13.0 Å². The van der Waals surface area contributed by atoms with Gasteiger partial charge in [0.25, 0.3) is 0 Å². The molecule has 2 rings (SSSR count). The molecule has 4 nitrogen and oxygen atoms in total. The van der Waals surface area contributed by atoms with Crippen LogP contribution in [0.25, 0.3) is 0 Å². The molecule has 1 heterocycles. The van der Waals surface area contributed by atoms with Crippen molar-refractivity contribution in [2.45, 2.75) is 13.0 Å². The molecule has 0 bridgehead atoms. The van der Waals surface area contributed by atoms with Crippen LogP contribution in [0.1, 0.15) is 18.5 Å². The first kappa shape index (κ1) is 12.2. The number of fused-ring (bicyclic) bond motifs is 1. The van der Waals surface area contributed by atoms with Crippen molar-refractivity contribution in [1.82, 2.24) is 4.90 Å². The molecular weight excluding hydrogens is 216 g/mol. The molecule has 0 spiro atoms. The average molecular weight is 236 g/mol. The fourth-order valence-electron chi connectivity index (χ4n) is 2.36. The Labute approximate surface area is 102 Å². The Kier molecular flexibility index (Phi) is 3.54. The maximum Gasteiger partial charge on any atom is 0.231 e. The van der Waals surface area contributed by atoms with Gasteiger partial charge in [-0.15, -0.1) is 0 Å². The van der Waals surface area contributed by atoms with Crippen LogP contribution in [0.2, 0.25) is 0 Å². The third-order valence-corrected chi connectivity index (χ3v) is 3.21. The highest BCUT2D eigenvalue weighted by Gasteiger charge is 2.23. The maximum atomic E-state index is 5.78. The summed E-state index contributed by atoms with van der Waals surface area (Å²) in [5.41, 5.74) is 7.00. The van der Waals surface area contributed by atoms with E-state index in [2.05, 4.69) is 38.1 Å². The highest BCUT2D eigenvalue weighted by Crippen LogP contribution is 2.36. The molecule has 1 aliphatic heterocycles. The van der Waals surface area contributed by atoms with E-state index in [1.807, 2.05) is 6.07 Å². The van der Waals surface area contributed by atoms with E-state index in [0.717, 1.165) is 11.5 Å². The number of benzene rings is 1. The summed E-state index contributed by atoms with van der Waals surface area (Å²) in [6.45, 7) is 3.14. The summed E-state index contributed by atoms with van der Waals surface area (Å²) in [5.74, 6) is 2.05. The highest BCUT2D eigenvalue weighted by molar-refractivity contribution is 5.45. The van der Waals surface area contributed by atoms with Crippen molar-refractivity contribution >= 4 is 0 Å². The molecular formula is C13H20N2O2. The molecule has 1 aromatic rings. The second kappa shape index (κ2) is 4.94. The zero-order valence-corrected chi connectivity index (χ0v) is 10.6. The van der Waals surface area contributed by atoms with E-state index < -0.39 is 0 Å². The highest BCUT2D eigenvalue weighted by atomic mass is 16.7. The third-order valence-electron chi connectivity index (χ3n) is 3.21. The molecule has 94 valence electrons. The van der Waals surface area contributed by atoms with E-state index >= 15 is 0 Å². The molecule has 0 amide bonds. The number of hydrogen-bond donors (Lipinski definition) is 1. The first-order chi connectivity index (χ1) is 8.13. The van der Waals surface area contributed by atoms with Crippen LogP contribution in [0.4, 0.5) is 0 Å². The number of hydrogen-bond acceptors (Lipinski definition) is 4. The first-order valence-electron chi connectivity index (χ1n) is 5.89. The molecule has 2 N–H and O–H groups in total. The van der Waals surface area contributed by atoms with Crippen molar-refractivity contribution in [3.05, 3.63) is 23.8 Å². The topological polar surface area (TPSA) is 47.7 Å². The molecule has 4 heteroatoms. The normalized spacial score (nSPS) is 17.2. The van der Waals surface area contributed by atoms with Crippen LogP contribution in [-0.2, 0) is 0 Å². The Morgan fingerprint density at radius 3 is 2.65 bits per heavy atom. The SMILES string of the molecule is CC(CN)C(c1ccc2c(c1)OCO2)N(C)C. The lowest BCUT2D eigenvalue weighted by molar-refractivity contribution is 0.173. The second-order valence-corrected chi connectivity index (χ2v) is 4.73. The summed E-state index contributed by atoms with van der Waals surface area (Å²) < 4.78 is 10.7. The molecule has 1 aliphatic rings. The summed E-state index contributed by atoms with van der Waals surface area (Å²) in [6.07, 6.45) is 0. The lowest BCUT2D eigenvalue weighted by atomic mass is 9.93. The average Bonchev–Trinajstić information content (AvgIpc) is 2.75. The van der Waals surface area contributed by atoms with E-state index in [1.165, 1.54) is 5.56 Å². The van der Waals surface area contributed by atoms with Crippen LogP contribution in [-0.4, -0.2) is 32.3 Å². The summed E-state index contributed by atoms with van der Waals surface area (Å²) >= 11 is 0. The lowest BCUT2D eigenvalue weighted by Crippen LogP contribution is -2.30. The number of rotatable bonds is 4. The number of nitrogens with two attached hydrogens (primary N) is 1. The largest absolute Gasteiger partial charge is 0.454 e. The van der Waals surface area contributed by atoms with E-state index in [-0.39, 0.29) is 0 Å². The third kappa shape index (κ3) is 2.37. The molecule has 0 fully saturated rings. The zero-order chi connectivity index (χ0) is 12.4. The first-order valence-corrected chi connectivity index (χ1v) is 5.89. The zero-order valence-electron chi connectivity index (χ0n) is 10.6. The van der Waals surface area contributed by atoms with Gasteiger partial charge < -0.3 is 20.1 Å². The Morgan fingerprint density at radius 1 is 1.29 bits per heavy atom. The smallest absolute Gasteiger partial charge is 0.231 e. The van der Waals surface area contributed by atoms with Gasteiger partial charge in [0.15, 0.2) is 11.5 Å². The molecule has 17 heavy (non-hydrogen) atoms. The van der Waals surface area contributed by atoms with Gasteiger partial charge in [-0.25, -0.2) is 0 Å². The van der Waals surface area contributed by atoms with Gasteiger partial charge in [-0.3, -0.25) is 0 Å². The van der Waals surface area contributed by atoms with Crippen molar-refractivity contribution in [3.8, 4) is 11.5 Å². The van der Waals surface area contributed by atoms with Crippen LogP contribution >= 0.6 is 0 Å². The van der Waals surface area contributed by atoms with E-state index in [1.54, 1.807) is 0 Å². The number of ether oxygens (including phenoxy) is 2. The molecule has 1 aromatic carbocycles. The van der Waals surface area contributed by atoms with Crippen LogP contribution < -0.4 is 15.2 Å². The van der Waals surface area contributed by atoms with Gasteiger partial charge in [0.1, 0.15) is 0 Å². The Balaban J connectivity index is 2.30. The molecule has 2 unspecified atom stereocenters. The van der Waals surface area contributed by atoms with E-state index in [0.29, 0.717) is 25.3 Å². The summed E-state index contributed by atoms with van der Waals surface area (Å²) in [7, 11) is 4.14. The van der Waals surface area contributed by atoms with Gasteiger partial charge in [-0.05, 0) is 44.3 Å². The van der Waals surface area contributed by atoms with Crippen molar-refractivity contribution in [2.24, 2.45) is 11.7 Å². The quantitative estimate of drug-likeness (QED) is 0.863. The van der Waals surface area contributed by atoms with Gasteiger partial charge in [0.2, 0.25) is 6.79 Å². The Morgan fingerprint density at radius 2 is 2.00 bits per heavy atom. The fraction of sp³-hybridized carbons (Fsp3) is 0.538. The van der Waals surface area contributed by atoms with Crippen LogP contribution in [0.5, 0.6) is 11.5 Å². The Bertz CT molecular complexity index is 393.